The lowest BCUT2D eigenvalue weighted by Gasteiger charge is -2.09. The zero-order valence-electron chi connectivity index (χ0n) is 11.6. The van der Waals surface area contributed by atoms with Crippen molar-refractivity contribution in [2.24, 2.45) is 0 Å². The van der Waals surface area contributed by atoms with Crippen molar-refractivity contribution in [3.8, 4) is 5.75 Å². The number of nitrogen functional groups attached to an aromatic ring is 1. The Morgan fingerprint density at radius 3 is 2.68 bits per heavy atom. The molecule has 1 aromatic carbocycles. The van der Waals surface area contributed by atoms with Crippen molar-refractivity contribution < 1.29 is 14.3 Å². The molecule has 0 unspecified atom stereocenters. The predicted molar refractivity (Wildman–Crippen MR) is 75.5 cm³/mol. The maximum Gasteiger partial charge on any atom is 0.253 e. The number of hydrogen-bond acceptors (Lipinski definition) is 4. The topological polar surface area (TPSA) is 73.6 Å². The van der Waals surface area contributed by atoms with E-state index in [1.54, 1.807) is 32.4 Å². The number of ether oxygens (including phenoxy) is 2. The first-order valence-corrected chi connectivity index (χ1v) is 6.39. The molecule has 0 spiro atoms. The first-order chi connectivity index (χ1) is 9.19. The number of unbranched alkanes of at least 4 members (excludes halogenated alkanes) is 2. The fourth-order valence-electron chi connectivity index (χ4n) is 1.72. The number of nitrogens with two attached hydrogens (primary N) is 1. The maximum atomic E-state index is 11.9. The number of benzene rings is 1. The molecule has 0 saturated heterocycles. The third kappa shape index (κ3) is 5.18. The van der Waals surface area contributed by atoms with Gasteiger partial charge in [-0.15, -0.1) is 0 Å². The molecule has 19 heavy (non-hydrogen) atoms. The van der Waals surface area contributed by atoms with Crippen LogP contribution in [0.4, 0.5) is 5.69 Å². The van der Waals surface area contributed by atoms with Crippen molar-refractivity contribution in [3.63, 3.8) is 0 Å². The molecule has 0 aliphatic rings. The van der Waals surface area contributed by atoms with Crippen molar-refractivity contribution in [2.75, 3.05) is 33.1 Å². The van der Waals surface area contributed by atoms with Crippen molar-refractivity contribution in [1.29, 1.82) is 0 Å². The normalized spacial score (nSPS) is 10.2. The van der Waals surface area contributed by atoms with Gasteiger partial charge in [-0.25, -0.2) is 0 Å². The number of carbonyl (C=O) groups is 1. The standard InChI is InChI=1S/C14H22N2O3/c1-18-9-5-3-4-8-16-14(17)12-7-6-11(19-2)10-13(12)15/h6-7,10H,3-5,8-9,15H2,1-2H3,(H,16,17). The molecule has 0 heterocycles. The van der Waals surface area contributed by atoms with Gasteiger partial charge in [-0.3, -0.25) is 4.79 Å². The van der Waals surface area contributed by atoms with Crippen molar-refractivity contribution in [1.82, 2.24) is 5.32 Å². The van der Waals surface area contributed by atoms with Gasteiger partial charge in [-0.05, 0) is 31.4 Å². The van der Waals surface area contributed by atoms with Crippen LogP contribution in [0, 0.1) is 0 Å². The van der Waals surface area contributed by atoms with Crippen molar-refractivity contribution in [2.45, 2.75) is 19.3 Å². The van der Waals surface area contributed by atoms with E-state index in [1.807, 2.05) is 0 Å². The minimum atomic E-state index is -0.146. The van der Waals surface area contributed by atoms with Crippen LogP contribution in [0.15, 0.2) is 18.2 Å². The van der Waals surface area contributed by atoms with Crippen molar-refractivity contribution in [3.05, 3.63) is 23.8 Å². The summed E-state index contributed by atoms with van der Waals surface area (Å²) in [7, 11) is 3.25. The van der Waals surface area contributed by atoms with Gasteiger partial charge in [0.05, 0.1) is 12.7 Å². The third-order valence-electron chi connectivity index (χ3n) is 2.81. The summed E-state index contributed by atoms with van der Waals surface area (Å²) in [6.07, 6.45) is 2.98. The van der Waals surface area contributed by atoms with E-state index in [0.717, 1.165) is 25.9 Å². The third-order valence-corrected chi connectivity index (χ3v) is 2.81. The molecular weight excluding hydrogens is 244 g/mol. The second-order valence-electron chi connectivity index (χ2n) is 4.26. The monoisotopic (exact) mass is 266 g/mol. The number of nitrogens with one attached hydrogen (secondary N) is 1. The summed E-state index contributed by atoms with van der Waals surface area (Å²) in [5.74, 6) is 0.500. The highest BCUT2D eigenvalue weighted by atomic mass is 16.5. The summed E-state index contributed by atoms with van der Waals surface area (Å²) in [6.45, 7) is 1.41. The molecule has 0 saturated carbocycles. The van der Waals surface area contributed by atoms with E-state index in [4.69, 9.17) is 15.2 Å². The smallest absolute Gasteiger partial charge is 0.253 e. The van der Waals surface area contributed by atoms with Crippen LogP contribution in [0.1, 0.15) is 29.6 Å². The molecule has 0 atom stereocenters. The van der Waals surface area contributed by atoms with Gasteiger partial charge in [0.2, 0.25) is 0 Å². The molecule has 3 N–H and O–H groups in total. The van der Waals surface area contributed by atoms with Crippen molar-refractivity contribution >= 4 is 11.6 Å². The summed E-state index contributed by atoms with van der Waals surface area (Å²) < 4.78 is 10.0. The Morgan fingerprint density at radius 2 is 2.05 bits per heavy atom. The van der Waals surface area contributed by atoms with Gasteiger partial charge in [-0.2, -0.15) is 0 Å². The molecule has 106 valence electrons. The van der Waals surface area contributed by atoms with Gasteiger partial charge in [0, 0.05) is 32.0 Å². The summed E-state index contributed by atoms with van der Waals surface area (Å²) in [4.78, 5) is 11.9. The minimum Gasteiger partial charge on any atom is -0.497 e. The maximum absolute atomic E-state index is 11.9. The van der Waals surface area contributed by atoms with Crippen LogP contribution < -0.4 is 15.8 Å². The Morgan fingerprint density at radius 1 is 1.26 bits per heavy atom. The second-order valence-corrected chi connectivity index (χ2v) is 4.26. The van der Waals surface area contributed by atoms with Crippen LogP contribution in [0.25, 0.3) is 0 Å². The highest BCUT2D eigenvalue weighted by Gasteiger charge is 2.09. The Kier molecular flexibility index (Phi) is 6.74. The average Bonchev–Trinajstić information content (AvgIpc) is 2.42. The Hall–Kier alpha value is -1.75. The van der Waals surface area contributed by atoms with E-state index in [0.29, 0.717) is 23.5 Å². The molecular formula is C14H22N2O3. The number of rotatable bonds is 8. The lowest BCUT2D eigenvalue weighted by Crippen LogP contribution is -2.25. The predicted octanol–water partition coefficient (Wildman–Crippen LogP) is 1.82. The number of anilines is 1. The second kappa shape index (κ2) is 8.37. The molecule has 0 aliphatic heterocycles. The largest absolute Gasteiger partial charge is 0.497 e. The molecule has 0 bridgehead atoms. The van der Waals surface area contributed by atoms with Crippen LogP contribution in [0.3, 0.4) is 0 Å². The van der Waals surface area contributed by atoms with Crippen LogP contribution in [0.5, 0.6) is 5.75 Å². The lowest BCUT2D eigenvalue weighted by molar-refractivity contribution is 0.0953. The highest BCUT2D eigenvalue weighted by Crippen LogP contribution is 2.19. The quantitative estimate of drug-likeness (QED) is 0.556. The SMILES string of the molecule is COCCCCCNC(=O)c1ccc(OC)cc1N. The average molecular weight is 266 g/mol. The van der Waals surface area contributed by atoms with E-state index < -0.39 is 0 Å². The summed E-state index contributed by atoms with van der Waals surface area (Å²) in [6, 6.07) is 5.05. The molecule has 1 aromatic rings. The highest BCUT2D eigenvalue weighted by molar-refractivity contribution is 5.99. The van der Waals surface area contributed by atoms with Gasteiger partial charge in [-0.1, -0.05) is 0 Å². The van der Waals surface area contributed by atoms with Gasteiger partial charge < -0.3 is 20.5 Å². The van der Waals surface area contributed by atoms with Crippen LogP contribution >= 0.6 is 0 Å². The first-order valence-electron chi connectivity index (χ1n) is 6.39. The number of hydrogen-bond donors (Lipinski definition) is 2. The summed E-state index contributed by atoms with van der Waals surface area (Å²) in [5.41, 5.74) is 6.72. The molecule has 0 aromatic heterocycles. The Balaban J connectivity index is 2.37. The van der Waals surface area contributed by atoms with E-state index in [1.165, 1.54) is 0 Å². The zero-order chi connectivity index (χ0) is 14.1. The minimum absolute atomic E-state index is 0.146. The van der Waals surface area contributed by atoms with Gasteiger partial charge in [0.25, 0.3) is 5.91 Å². The first kappa shape index (κ1) is 15.3. The molecule has 0 aliphatic carbocycles. The van der Waals surface area contributed by atoms with Crippen LogP contribution in [-0.2, 0) is 4.74 Å². The van der Waals surface area contributed by atoms with Crippen LogP contribution in [0.2, 0.25) is 0 Å². The Labute approximate surface area is 114 Å². The lowest BCUT2D eigenvalue weighted by atomic mass is 10.1. The van der Waals surface area contributed by atoms with Gasteiger partial charge in [0.15, 0.2) is 0 Å². The van der Waals surface area contributed by atoms with E-state index in [2.05, 4.69) is 5.32 Å². The zero-order valence-corrected chi connectivity index (χ0v) is 11.6. The number of methoxy groups -OCH3 is 2. The number of amides is 1. The fraction of sp³-hybridized carbons (Fsp3) is 0.500. The van der Waals surface area contributed by atoms with E-state index in [-0.39, 0.29) is 5.91 Å². The van der Waals surface area contributed by atoms with Crippen LogP contribution in [-0.4, -0.2) is 33.3 Å². The van der Waals surface area contributed by atoms with Gasteiger partial charge in [0.1, 0.15) is 5.75 Å². The van der Waals surface area contributed by atoms with E-state index >= 15 is 0 Å². The molecule has 0 fully saturated rings. The molecule has 1 rings (SSSR count). The fourth-order valence-corrected chi connectivity index (χ4v) is 1.72. The molecule has 0 radical (unpaired) electrons. The molecule has 1 amide bonds. The summed E-state index contributed by atoms with van der Waals surface area (Å²) >= 11 is 0. The van der Waals surface area contributed by atoms with E-state index in [9.17, 15) is 4.79 Å². The molecule has 5 nitrogen and oxygen atoms in total. The Bertz CT molecular complexity index is 408. The molecule has 5 heteroatoms. The summed E-state index contributed by atoms with van der Waals surface area (Å²) in [5, 5.41) is 2.85. The van der Waals surface area contributed by atoms with Gasteiger partial charge >= 0.3 is 0 Å². The number of carbonyl (C=O) groups excluding carboxylic acids is 1.